The maximum Gasteiger partial charge on any atom is 0.276 e. The first-order valence-corrected chi connectivity index (χ1v) is 13.3. The Morgan fingerprint density at radius 1 is 1.11 bits per heavy atom. The Morgan fingerprint density at radius 2 is 1.86 bits per heavy atom. The molecule has 3 aromatic rings. The van der Waals surface area contributed by atoms with Crippen molar-refractivity contribution in [3.63, 3.8) is 0 Å². The highest BCUT2D eigenvalue weighted by molar-refractivity contribution is 7.98. The van der Waals surface area contributed by atoms with Gasteiger partial charge in [0.15, 0.2) is 0 Å². The lowest BCUT2D eigenvalue weighted by molar-refractivity contribution is -0.135. The summed E-state index contributed by atoms with van der Waals surface area (Å²) in [6.07, 6.45) is 6.61. The van der Waals surface area contributed by atoms with Crippen molar-refractivity contribution in [3.8, 4) is 0 Å². The molecule has 2 heterocycles. The maximum absolute atomic E-state index is 13.2. The molecule has 3 amide bonds. The Balaban J connectivity index is 1.45. The predicted octanol–water partition coefficient (Wildman–Crippen LogP) is 3.50. The van der Waals surface area contributed by atoms with Gasteiger partial charge >= 0.3 is 0 Å². The molecule has 2 aromatic heterocycles. The van der Waals surface area contributed by atoms with Gasteiger partial charge in [-0.2, -0.15) is 0 Å². The van der Waals surface area contributed by atoms with E-state index in [2.05, 4.69) is 30.8 Å². The fourth-order valence-electron chi connectivity index (χ4n) is 4.46. The lowest BCUT2D eigenvalue weighted by atomic mass is 9.83. The quantitative estimate of drug-likeness (QED) is 0.436. The minimum atomic E-state index is -0.730. The standard InChI is InChI=1S/C25H30N6O4S/c1-14(2)12-16(24-30-31-25(35-24)36-3)22(33)29-21(32)15-8-4-5-9-17(15)28-23(34)20-13-26-18-10-6-7-11-19(18)27-20/h6-7,10-11,13-17H,4-5,8-9,12H2,1-3H3,(H,28,34)(H,29,32,33)/t15-,16-,17+/m1/s1. The molecule has 0 saturated heterocycles. The van der Waals surface area contributed by atoms with Crippen LogP contribution in [-0.2, 0) is 9.59 Å². The summed E-state index contributed by atoms with van der Waals surface area (Å²) in [5, 5.41) is 13.8. The Labute approximate surface area is 213 Å². The molecular weight excluding hydrogens is 480 g/mol. The van der Waals surface area contributed by atoms with Gasteiger partial charge in [-0.15, -0.1) is 10.2 Å². The number of hydrogen-bond donors (Lipinski definition) is 2. The monoisotopic (exact) mass is 510 g/mol. The van der Waals surface area contributed by atoms with Gasteiger partial charge in [0.05, 0.1) is 23.1 Å². The number of benzene rings is 1. The minimum Gasteiger partial charge on any atom is -0.415 e. The van der Waals surface area contributed by atoms with Crippen molar-refractivity contribution in [1.82, 2.24) is 30.8 Å². The van der Waals surface area contributed by atoms with Crippen LogP contribution in [0, 0.1) is 11.8 Å². The Morgan fingerprint density at radius 3 is 2.58 bits per heavy atom. The van der Waals surface area contributed by atoms with E-state index in [1.54, 1.807) is 12.3 Å². The molecule has 2 N–H and O–H groups in total. The van der Waals surface area contributed by atoms with E-state index in [9.17, 15) is 14.4 Å². The van der Waals surface area contributed by atoms with Gasteiger partial charge in [0.2, 0.25) is 17.7 Å². The van der Waals surface area contributed by atoms with E-state index in [1.165, 1.54) is 18.0 Å². The SMILES string of the molecule is CSc1nnc([C@H](CC(C)C)C(=O)NC(=O)[C@@H]2CCCC[C@@H]2NC(=O)c2cnc3ccccc3n2)o1. The van der Waals surface area contributed by atoms with Crippen LogP contribution in [0.2, 0.25) is 0 Å². The molecule has 190 valence electrons. The minimum absolute atomic E-state index is 0.172. The first kappa shape index (κ1) is 25.7. The van der Waals surface area contributed by atoms with E-state index in [-0.39, 0.29) is 17.5 Å². The first-order valence-electron chi connectivity index (χ1n) is 12.1. The predicted molar refractivity (Wildman–Crippen MR) is 134 cm³/mol. The van der Waals surface area contributed by atoms with Gasteiger partial charge in [-0.25, -0.2) is 4.98 Å². The third kappa shape index (κ3) is 6.07. The summed E-state index contributed by atoms with van der Waals surface area (Å²) in [6, 6.07) is 6.89. The van der Waals surface area contributed by atoms with Crippen LogP contribution in [0.5, 0.6) is 0 Å². The molecule has 0 unspecified atom stereocenters. The number of carbonyl (C=O) groups is 3. The van der Waals surface area contributed by atoms with E-state index in [4.69, 9.17) is 4.42 Å². The van der Waals surface area contributed by atoms with E-state index in [0.29, 0.717) is 35.5 Å². The van der Waals surface area contributed by atoms with Crippen molar-refractivity contribution in [2.24, 2.45) is 11.8 Å². The van der Waals surface area contributed by atoms with Gasteiger partial charge in [-0.1, -0.05) is 50.6 Å². The summed E-state index contributed by atoms with van der Waals surface area (Å²) < 4.78 is 5.60. The number of nitrogens with one attached hydrogen (secondary N) is 2. The molecule has 0 spiro atoms. The number of rotatable bonds is 8. The van der Waals surface area contributed by atoms with Gasteiger partial charge < -0.3 is 9.73 Å². The van der Waals surface area contributed by atoms with Crippen molar-refractivity contribution in [2.45, 2.75) is 63.1 Å². The van der Waals surface area contributed by atoms with Crippen molar-refractivity contribution in [2.75, 3.05) is 6.26 Å². The molecule has 10 nitrogen and oxygen atoms in total. The highest BCUT2D eigenvalue weighted by atomic mass is 32.2. The van der Waals surface area contributed by atoms with Crippen LogP contribution in [-0.4, -0.2) is 50.2 Å². The summed E-state index contributed by atoms with van der Waals surface area (Å²) in [7, 11) is 0. The van der Waals surface area contributed by atoms with Crippen LogP contribution in [0.25, 0.3) is 11.0 Å². The summed E-state index contributed by atoms with van der Waals surface area (Å²) in [4.78, 5) is 48.0. The molecule has 1 aliphatic rings. The molecule has 1 saturated carbocycles. The van der Waals surface area contributed by atoms with Crippen LogP contribution in [0.15, 0.2) is 40.1 Å². The highest BCUT2D eigenvalue weighted by Crippen LogP contribution is 2.28. The van der Waals surface area contributed by atoms with Gasteiger partial charge in [-0.3, -0.25) is 24.7 Å². The van der Waals surface area contributed by atoms with Crippen molar-refractivity contribution < 1.29 is 18.8 Å². The highest BCUT2D eigenvalue weighted by Gasteiger charge is 2.36. The van der Waals surface area contributed by atoms with Crippen molar-refractivity contribution >= 4 is 40.5 Å². The molecule has 3 atom stereocenters. The number of hydrogen-bond acceptors (Lipinski definition) is 9. The van der Waals surface area contributed by atoms with Crippen molar-refractivity contribution in [3.05, 3.63) is 42.0 Å². The normalized spacial score (nSPS) is 18.7. The van der Waals surface area contributed by atoms with E-state index in [1.807, 2.05) is 32.0 Å². The van der Waals surface area contributed by atoms with Crippen LogP contribution in [0.1, 0.15) is 68.2 Å². The summed E-state index contributed by atoms with van der Waals surface area (Å²) in [5.74, 6) is -2.17. The molecule has 1 fully saturated rings. The number of thioether (sulfide) groups is 1. The number of carbonyl (C=O) groups excluding carboxylic acids is 3. The number of aromatic nitrogens is 4. The molecule has 0 radical (unpaired) electrons. The second-order valence-corrected chi connectivity index (χ2v) is 10.1. The molecular formula is C25H30N6O4S. The molecule has 4 rings (SSSR count). The second kappa shape index (κ2) is 11.6. The van der Waals surface area contributed by atoms with Gasteiger partial charge in [0.25, 0.3) is 11.1 Å². The van der Waals surface area contributed by atoms with Crippen LogP contribution < -0.4 is 10.6 Å². The number of amides is 3. The third-order valence-corrected chi connectivity index (χ3v) is 6.78. The molecule has 36 heavy (non-hydrogen) atoms. The number of imide groups is 1. The molecule has 1 aliphatic carbocycles. The summed E-state index contributed by atoms with van der Waals surface area (Å²) in [6.45, 7) is 3.96. The zero-order valence-corrected chi connectivity index (χ0v) is 21.4. The van der Waals surface area contributed by atoms with Gasteiger partial charge in [0, 0.05) is 6.04 Å². The fourth-order valence-corrected chi connectivity index (χ4v) is 4.75. The molecule has 0 aliphatic heterocycles. The lowest BCUT2D eigenvalue weighted by Gasteiger charge is -2.31. The van der Waals surface area contributed by atoms with E-state index >= 15 is 0 Å². The summed E-state index contributed by atoms with van der Waals surface area (Å²) >= 11 is 1.29. The summed E-state index contributed by atoms with van der Waals surface area (Å²) in [5.41, 5.74) is 1.51. The smallest absolute Gasteiger partial charge is 0.276 e. The average Bonchev–Trinajstić information content (AvgIpc) is 3.36. The van der Waals surface area contributed by atoms with Crippen LogP contribution >= 0.6 is 11.8 Å². The third-order valence-electron chi connectivity index (χ3n) is 6.27. The molecule has 0 bridgehead atoms. The number of nitrogens with zero attached hydrogens (tertiary/aromatic N) is 4. The van der Waals surface area contributed by atoms with Crippen LogP contribution in [0.3, 0.4) is 0 Å². The van der Waals surface area contributed by atoms with E-state index in [0.717, 1.165) is 12.8 Å². The fraction of sp³-hybridized carbons (Fsp3) is 0.480. The zero-order valence-electron chi connectivity index (χ0n) is 20.6. The number of fused-ring (bicyclic) bond motifs is 1. The number of para-hydroxylation sites is 2. The topological polar surface area (TPSA) is 140 Å². The lowest BCUT2D eigenvalue weighted by Crippen LogP contribution is -2.50. The Kier molecular flexibility index (Phi) is 8.29. The van der Waals surface area contributed by atoms with E-state index < -0.39 is 35.6 Å². The molecule has 11 heteroatoms. The first-order chi connectivity index (χ1) is 17.4. The van der Waals surface area contributed by atoms with Crippen LogP contribution in [0.4, 0.5) is 0 Å². The second-order valence-electron chi connectivity index (χ2n) is 9.36. The largest absolute Gasteiger partial charge is 0.415 e. The van der Waals surface area contributed by atoms with Gasteiger partial charge in [0.1, 0.15) is 11.6 Å². The van der Waals surface area contributed by atoms with Crippen molar-refractivity contribution in [1.29, 1.82) is 0 Å². The zero-order chi connectivity index (χ0) is 25.7. The molecule has 1 aromatic carbocycles. The Bertz CT molecular complexity index is 1250. The average molecular weight is 511 g/mol. The maximum atomic E-state index is 13.2. The van der Waals surface area contributed by atoms with Gasteiger partial charge in [-0.05, 0) is 43.6 Å². The Hall–Kier alpha value is -3.34.